The number of hydrogen-bond acceptors (Lipinski definition) is 3. The largest absolute Gasteiger partial charge is 0.493 e. The van der Waals surface area contributed by atoms with E-state index in [0.29, 0.717) is 0 Å². The van der Waals surface area contributed by atoms with Gasteiger partial charge in [-0.2, -0.15) is 5.26 Å². The molecule has 3 rings (SSSR count). The number of benzene rings is 1. The highest BCUT2D eigenvalue weighted by molar-refractivity contribution is 5.41. The van der Waals surface area contributed by atoms with Crippen molar-refractivity contribution in [3.05, 3.63) is 29.3 Å². The second-order valence-electron chi connectivity index (χ2n) is 5.34. The summed E-state index contributed by atoms with van der Waals surface area (Å²) in [5.74, 6) is 0.920. The fourth-order valence-electron chi connectivity index (χ4n) is 3.15. The number of nitriles is 1. The minimum atomic E-state index is -0.670. The Morgan fingerprint density at radius 2 is 2.11 bits per heavy atom. The van der Waals surface area contributed by atoms with Crippen molar-refractivity contribution in [3.63, 3.8) is 0 Å². The summed E-state index contributed by atoms with van der Waals surface area (Å²) in [4.78, 5) is 0. The molecule has 1 saturated carbocycles. The van der Waals surface area contributed by atoms with Crippen molar-refractivity contribution in [1.29, 1.82) is 5.26 Å². The maximum Gasteiger partial charge on any atom is 0.122 e. The lowest BCUT2D eigenvalue weighted by atomic mass is 9.78. The third-order valence-corrected chi connectivity index (χ3v) is 4.27. The minimum Gasteiger partial charge on any atom is -0.493 e. The number of aliphatic hydroxyl groups excluding tert-OH is 1. The van der Waals surface area contributed by atoms with Gasteiger partial charge in [0.25, 0.3) is 0 Å². The molecule has 1 aliphatic heterocycles. The maximum atomic E-state index is 10.5. The van der Waals surface area contributed by atoms with Crippen LogP contribution in [-0.4, -0.2) is 11.7 Å². The molecule has 0 amide bonds. The lowest BCUT2D eigenvalue weighted by molar-refractivity contribution is 0.0670. The lowest BCUT2D eigenvalue weighted by Gasteiger charge is -2.27. The van der Waals surface area contributed by atoms with Gasteiger partial charge in [-0.15, -0.1) is 0 Å². The van der Waals surface area contributed by atoms with Crippen molar-refractivity contribution < 1.29 is 9.84 Å². The SMILES string of the molecule is N#CC1(C(O)c2ccc3c(c2)CCO3)CCCC1. The lowest BCUT2D eigenvalue weighted by Crippen LogP contribution is -2.24. The molecule has 1 atom stereocenters. The quantitative estimate of drug-likeness (QED) is 0.869. The van der Waals surface area contributed by atoms with Gasteiger partial charge in [-0.1, -0.05) is 18.9 Å². The first-order chi connectivity index (χ1) is 8.75. The molecular formula is C15H17NO2. The summed E-state index contributed by atoms with van der Waals surface area (Å²) in [5, 5.41) is 19.9. The Labute approximate surface area is 107 Å². The van der Waals surface area contributed by atoms with E-state index in [9.17, 15) is 10.4 Å². The predicted molar refractivity (Wildman–Crippen MR) is 67.1 cm³/mol. The molecule has 0 radical (unpaired) electrons. The number of aliphatic hydroxyl groups is 1. The first-order valence-electron chi connectivity index (χ1n) is 6.60. The van der Waals surface area contributed by atoms with Crippen molar-refractivity contribution >= 4 is 0 Å². The maximum absolute atomic E-state index is 10.5. The average molecular weight is 243 g/mol. The van der Waals surface area contributed by atoms with E-state index in [-0.39, 0.29) is 0 Å². The Morgan fingerprint density at radius 3 is 2.83 bits per heavy atom. The summed E-state index contributed by atoms with van der Waals surface area (Å²) >= 11 is 0. The van der Waals surface area contributed by atoms with Crippen molar-refractivity contribution in [1.82, 2.24) is 0 Å². The molecule has 0 aromatic heterocycles. The molecule has 1 unspecified atom stereocenters. The van der Waals surface area contributed by atoms with E-state index in [1.807, 2.05) is 18.2 Å². The number of rotatable bonds is 2. The fourth-order valence-corrected chi connectivity index (χ4v) is 3.15. The molecule has 94 valence electrons. The Morgan fingerprint density at radius 1 is 1.33 bits per heavy atom. The predicted octanol–water partition coefficient (Wildman–Crippen LogP) is 2.74. The second kappa shape index (κ2) is 4.29. The van der Waals surface area contributed by atoms with Crippen LogP contribution in [0.3, 0.4) is 0 Å². The summed E-state index contributed by atoms with van der Waals surface area (Å²) < 4.78 is 5.46. The molecule has 1 aromatic carbocycles. The number of fused-ring (bicyclic) bond motifs is 1. The molecule has 3 heteroatoms. The smallest absolute Gasteiger partial charge is 0.122 e. The van der Waals surface area contributed by atoms with Gasteiger partial charge < -0.3 is 9.84 Å². The molecule has 1 aliphatic carbocycles. The van der Waals surface area contributed by atoms with Crippen LogP contribution < -0.4 is 4.74 Å². The van der Waals surface area contributed by atoms with Crippen LogP contribution in [0.4, 0.5) is 0 Å². The zero-order valence-corrected chi connectivity index (χ0v) is 10.4. The third-order valence-electron chi connectivity index (χ3n) is 4.27. The van der Waals surface area contributed by atoms with E-state index >= 15 is 0 Å². The Kier molecular flexibility index (Phi) is 2.76. The van der Waals surface area contributed by atoms with Crippen LogP contribution in [0.2, 0.25) is 0 Å². The normalized spacial score (nSPS) is 22.0. The summed E-state index contributed by atoms with van der Waals surface area (Å²) in [6.45, 7) is 0.721. The molecule has 3 nitrogen and oxygen atoms in total. The van der Waals surface area contributed by atoms with Crippen LogP contribution >= 0.6 is 0 Å². The van der Waals surface area contributed by atoms with Crippen LogP contribution in [-0.2, 0) is 6.42 Å². The van der Waals surface area contributed by atoms with Gasteiger partial charge in [-0.25, -0.2) is 0 Å². The first-order valence-corrected chi connectivity index (χ1v) is 6.60. The molecule has 0 spiro atoms. The molecule has 1 N–H and O–H groups in total. The van der Waals surface area contributed by atoms with Gasteiger partial charge in [0, 0.05) is 6.42 Å². The van der Waals surface area contributed by atoms with E-state index in [1.165, 1.54) is 0 Å². The number of ether oxygens (including phenoxy) is 1. The molecule has 0 saturated heterocycles. The van der Waals surface area contributed by atoms with Crippen molar-refractivity contribution in [2.75, 3.05) is 6.61 Å². The van der Waals surface area contributed by atoms with Crippen molar-refractivity contribution in [3.8, 4) is 11.8 Å². The van der Waals surface area contributed by atoms with Crippen LogP contribution in [0.25, 0.3) is 0 Å². The van der Waals surface area contributed by atoms with Gasteiger partial charge in [0.15, 0.2) is 0 Å². The second-order valence-corrected chi connectivity index (χ2v) is 5.34. The fraction of sp³-hybridized carbons (Fsp3) is 0.533. The van der Waals surface area contributed by atoms with E-state index in [1.54, 1.807) is 0 Å². The summed E-state index contributed by atoms with van der Waals surface area (Å²) in [5.41, 5.74) is 1.44. The standard InChI is InChI=1S/C15H17NO2/c16-10-15(6-1-2-7-15)14(17)12-3-4-13-11(9-12)5-8-18-13/h3-4,9,14,17H,1-2,5-8H2. The van der Waals surface area contributed by atoms with E-state index in [4.69, 9.17) is 4.74 Å². The van der Waals surface area contributed by atoms with Gasteiger partial charge in [-0.3, -0.25) is 0 Å². The van der Waals surface area contributed by atoms with Gasteiger partial charge in [0.2, 0.25) is 0 Å². The van der Waals surface area contributed by atoms with Crippen LogP contribution in [0.1, 0.15) is 42.9 Å². The van der Waals surface area contributed by atoms with Crippen LogP contribution in [0.5, 0.6) is 5.75 Å². The highest BCUT2D eigenvalue weighted by Gasteiger charge is 2.41. The molecule has 18 heavy (non-hydrogen) atoms. The molecule has 0 bridgehead atoms. The Hall–Kier alpha value is -1.53. The molecular weight excluding hydrogens is 226 g/mol. The van der Waals surface area contributed by atoms with Gasteiger partial charge >= 0.3 is 0 Å². The molecule has 1 heterocycles. The summed E-state index contributed by atoms with van der Waals surface area (Å²) in [6.07, 6.45) is 3.92. The van der Waals surface area contributed by atoms with E-state index in [2.05, 4.69) is 6.07 Å². The van der Waals surface area contributed by atoms with Gasteiger partial charge in [0.1, 0.15) is 5.75 Å². The van der Waals surface area contributed by atoms with Crippen LogP contribution in [0.15, 0.2) is 18.2 Å². The molecule has 1 aromatic rings. The van der Waals surface area contributed by atoms with Gasteiger partial charge in [0.05, 0.1) is 24.2 Å². The zero-order chi connectivity index (χ0) is 12.6. The molecule has 2 aliphatic rings. The zero-order valence-electron chi connectivity index (χ0n) is 10.4. The number of hydrogen-bond donors (Lipinski definition) is 1. The van der Waals surface area contributed by atoms with Crippen molar-refractivity contribution in [2.24, 2.45) is 5.41 Å². The highest BCUT2D eigenvalue weighted by atomic mass is 16.5. The third kappa shape index (κ3) is 1.69. The first kappa shape index (κ1) is 11.6. The number of nitrogens with zero attached hydrogens (tertiary/aromatic N) is 1. The Balaban J connectivity index is 1.92. The van der Waals surface area contributed by atoms with E-state index in [0.717, 1.165) is 55.6 Å². The molecule has 1 fully saturated rings. The van der Waals surface area contributed by atoms with Gasteiger partial charge in [-0.05, 0) is 36.1 Å². The topological polar surface area (TPSA) is 53.2 Å². The van der Waals surface area contributed by atoms with Crippen molar-refractivity contribution in [2.45, 2.75) is 38.2 Å². The Bertz CT molecular complexity index is 498. The highest BCUT2D eigenvalue weighted by Crippen LogP contribution is 2.47. The van der Waals surface area contributed by atoms with E-state index < -0.39 is 11.5 Å². The minimum absolute atomic E-state index is 0.576. The van der Waals surface area contributed by atoms with Crippen LogP contribution in [0, 0.1) is 16.7 Å². The average Bonchev–Trinajstić information content (AvgIpc) is 3.06. The summed E-state index contributed by atoms with van der Waals surface area (Å²) in [7, 11) is 0. The monoisotopic (exact) mass is 243 g/mol. The summed E-state index contributed by atoms with van der Waals surface area (Å²) in [6, 6.07) is 8.18.